The first-order valence-electron chi connectivity index (χ1n) is 20.4. The maximum absolute atomic E-state index is 11.6. The van der Waals surface area contributed by atoms with Crippen LogP contribution in [0.3, 0.4) is 0 Å². The highest BCUT2D eigenvalue weighted by Crippen LogP contribution is 2.40. The number of aromatic nitrogens is 2. The second kappa shape index (κ2) is 26.4. The molecule has 12 heteroatoms. The third-order valence-corrected chi connectivity index (χ3v) is 10.6. The molecule has 2 fully saturated rings. The molecule has 2 aliphatic rings. The molecular weight excluding hydrogens is 751 g/mol. The molecule has 1 N–H and O–H groups in total. The van der Waals surface area contributed by atoms with Crippen LogP contribution in [0.1, 0.15) is 109 Å². The maximum atomic E-state index is 11.6. The lowest BCUT2D eigenvalue weighted by Gasteiger charge is -2.35. The molecule has 56 heavy (non-hydrogen) atoms. The number of amides is 1. The number of ether oxygens (including phenoxy) is 3. The van der Waals surface area contributed by atoms with Crippen molar-refractivity contribution in [3.63, 3.8) is 0 Å². The molecular formula is C44H64Cl2N4O6. The van der Waals surface area contributed by atoms with Gasteiger partial charge in [0.05, 0.1) is 24.5 Å². The predicted molar refractivity (Wildman–Crippen MR) is 227 cm³/mol. The molecule has 0 radical (unpaired) electrons. The summed E-state index contributed by atoms with van der Waals surface area (Å²) in [5.74, 6) is -0.856. The number of carbonyl (C=O) groups is 2. The van der Waals surface area contributed by atoms with Gasteiger partial charge in [-0.25, -0.2) is 4.98 Å². The number of imidazole rings is 1. The molecule has 0 bridgehead atoms. The molecule has 5 rings (SSSR count). The fourth-order valence-electron chi connectivity index (χ4n) is 6.89. The Balaban J connectivity index is 0.000000358. The van der Waals surface area contributed by atoms with Crippen molar-refractivity contribution in [2.24, 2.45) is 0 Å². The van der Waals surface area contributed by atoms with E-state index in [1.165, 1.54) is 70.6 Å². The third-order valence-electron chi connectivity index (χ3n) is 10.0. The molecule has 2 atom stereocenters. The number of aliphatic carboxylic acids is 1. The van der Waals surface area contributed by atoms with Crippen LogP contribution in [0, 0.1) is 0 Å². The number of piperazine rings is 1. The summed E-state index contributed by atoms with van der Waals surface area (Å²) in [6, 6.07) is 13.3. The largest absolute Gasteiger partial charge is 0.491 e. The van der Waals surface area contributed by atoms with Gasteiger partial charge < -0.3 is 33.7 Å². The van der Waals surface area contributed by atoms with E-state index in [2.05, 4.69) is 30.0 Å². The number of nitrogens with zero attached hydrogens (tertiary/aromatic N) is 4. The fraction of sp³-hybridized carbons (Fsp3) is 0.568. The number of benzene rings is 2. The summed E-state index contributed by atoms with van der Waals surface area (Å²) in [4.78, 5) is 30.1. The lowest BCUT2D eigenvalue weighted by Crippen LogP contribution is -2.48. The van der Waals surface area contributed by atoms with Crippen molar-refractivity contribution in [2.45, 2.75) is 122 Å². The normalized spacial score (nSPS) is 17.8. The van der Waals surface area contributed by atoms with Crippen LogP contribution < -0.4 is 9.64 Å². The van der Waals surface area contributed by atoms with Crippen molar-refractivity contribution in [3.8, 4) is 5.75 Å². The fourth-order valence-corrected chi connectivity index (χ4v) is 7.44. The summed E-state index contributed by atoms with van der Waals surface area (Å²) in [5.41, 5.74) is 1.82. The minimum atomic E-state index is -1.08. The van der Waals surface area contributed by atoms with E-state index in [-0.39, 0.29) is 12.0 Å². The number of carboxylic acids is 1. The Hall–Kier alpha value is -3.57. The summed E-state index contributed by atoms with van der Waals surface area (Å²) in [6.07, 6.45) is 22.2. The zero-order valence-electron chi connectivity index (χ0n) is 33.6. The zero-order valence-corrected chi connectivity index (χ0v) is 35.2. The van der Waals surface area contributed by atoms with Gasteiger partial charge in [-0.05, 0) is 42.8 Å². The van der Waals surface area contributed by atoms with Gasteiger partial charge in [-0.2, -0.15) is 0 Å². The van der Waals surface area contributed by atoms with Crippen molar-refractivity contribution < 1.29 is 28.9 Å². The van der Waals surface area contributed by atoms with Crippen LogP contribution in [-0.2, 0) is 31.4 Å². The Bertz CT molecular complexity index is 1530. The van der Waals surface area contributed by atoms with E-state index in [9.17, 15) is 9.59 Å². The van der Waals surface area contributed by atoms with Gasteiger partial charge in [0.2, 0.25) is 11.7 Å². The van der Waals surface area contributed by atoms with Crippen molar-refractivity contribution in [1.29, 1.82) is 0 Å². The standard InChI is InChI=1S/C26H28Cl2N4O4.C16H32O2.C2H4/c1-19(33)31-10-12-32(13-11-31)21-3-5-22(6-4-21)34-15-23-16-35-26(36-23,17-30-9-8-29-18-30)24-7-2-20(27)14-25(24)28;1-2-3-4-5-6-7-8-9-10-11-12-13-14-15-16(17)18;1-2/h2-9,14,18,23H,10-13,15-17H2,1H3;2-15H2,1H3,(H,17,18);1-2H2/t23-,26-;;/m0../s1. The van der Waals surface area contributed by atoms with Crippen molar-refractivity contribution in [3.05, 3.63) is 90.0 Å². The highest BCUT2D eigenvalue weighted by atomic mass is 35.5. The average molecular weight is 816 g/mol. The molecule has 0 spiro atoms. The van der Waals surface area contributed by atoms with Gasteiger partial charge in [-0.1, -0.05) is 113 Å². The number of halogens is 2. The monoisotopic (exact) mass is 814 g/mol. The van der Waals surface area contributed by atoms with Crippen LogP contribution in [0.15, 0.2) is 74.3 Å². The molecule has 3 heterocycles. The summed E-state index contributed by atoms with van der Waals surface area (Å²) in [6.45, 7) is 14.1. The second-order valence-corrected chi connectivity index (χ2v) is 15.2. The van der Waals surface area contributed by atoms with Gasteiger partial charge in [0.1, 0.15) is 18.5 Å². The number of unbranched alkanes of at least 4 members (excludes halogenated alkanes) is 12. The van der Waals surface area contributed by atoms with Gasteiger partial charge >= 0.3 is 5.97 Å². The number of hydrogen-bond acceptors (Lipinski definition) is 7. The van der Waals surface area contributed by atoms with Crippen LogP contribution in [0.4, 0.5) is 5.69 Å². The number of rotatable bonds is 21. The molecule has 2 aromatic carbocycles. The molecule has 0 unspecified atom stereocenters. The van der Waals surface area contributed by atoms with Crippen LogP contribution in [-0.4, -0.2) is 76.9 Å². The molecule has 310 valence electrons. The summed E-state index contributed by atoms with van der Waals surface area (Å²) in [5, 5.41) is 9.51. The Labute approximate surface area is 345 Å². The molecule has 10 nitrogen and oxygen atoms in total. The third kappa shape index (κ3) is 16.5. The van der Waals surface area contributed by atoms with Gasteiger partial charge in [0.15, 0.2) is 0 Å². The lowest BCUT2D eigenvalue weighted by molar-refractivity contribution is -0.189. The molecule has 3 aromatic rings. The quantitative estimate of drug-likeness (QED) is 0.0837. The molecule has 1 aromatic heterocycles. The summed E-state index contributed by atoms with van der Waals surface area (Å²) in [7, 11) is 0. The first-order valence-corrected chi connectivity index (χ1v) is 21.1. The highest BCUT2D eigenvalue weighted by molar-refractivity contribution is 6.35. The minimum absolute atomic E-state index is 0.129. The van der Waals surface area contributed by atoms with Gasteiger partial charge in [0.25, 0.3) is 0 Å². The number of carbonyl (C=O) groups excluding carboxylic acids is 1. The number of hydrogen-bond donors (Lipinski definition) is 1. The van der Waals surface area contributed by atoms with E-state index in [1.54, 1.807) is 31.6 Å². The Morgan fingerprint density at radius 2 is 1.50 bits per heavy atom. The van der Waals surface area contributed by atoms with Crippen molar-refractivity contribution >= 4 is 40.8 Å². The van der Waals surface area contributed by atoms with E-state index < -0.39 is 11.8 Å². The molecule has 0 aliphatic carbocycles. The Kier molecular flexibility index (Phi) is 22.0. The smallest absolute Gasteiger partial charge is 0.303 e. The number of anilines is 1. The molecule has 2 saturated heterocycles. The summed E-state index contributed by atoms with van der Waals surface area (Å²) >= 11 is 12.7. The molecule has 0 saturated carbocycles. The van der Waals surface area contributed by atoms with E-state index in [0.717, 1.165) is 50.5 Å². The molecule has 2 aliphatic heterocycles. The van der Waals surface area contributed by atoms with Crippen LogP contribution in [0.2, 0.25) is 10.0 Å². The topological polar surface area (TPSA) is 106 Å². The molecule has 1 amide bonds. The van der Waals surface area contributed by atoms with Gasteiger partial charge in [-0.3, -0.25) is 9.59 Å². The Morgan fingerprint density at radius 1 is 0.893 bits per heavy atom. The minimum Gasteiger partial charge on any atom is -0.491 e. The summed E-state index contributed by atoms with van der Waals surface area (Å²) < 4.78 is 20.6. The first-order chi connectivity index (χ1) is 27.2. The lowest BCUT2D eigenvalue weighted by atomic mass is 10.0. The highest BCUT2D eigenvalue weighted by Gasteiger charge is 2.45. The first kappa shape index (κ1) is 46.8. The van der Waals surface area contributed by atoms with E-state index in [0.29, 0.717) is 41.8 Å². The zero-order chi connectivity index (χ0) is 40.6. The van der Waals surface area contributed by atoms with Crippen molar-refractivity contribution in [1.82, 2.24) is 14.5 Å². The van der Waals surface area contributed by atoms with E-state index in [1.807, 2.05) is 46.0 Å². The van der Waals surface area contributed by atoms with Crippen LogP contribution in [0.25, 0.3) is 0 Å². The Morgan fingerprint density at radius 3 is 2.04 bits per heavy atom. The SMILES string of the molecule is C=C.CC(=O)N1CCN(c2ccc(OC[C@H]3CO[C@](Cn4ccnc4)(c4ccc(Cl)cc4Cl)O3)cc2)CC1.CCCCCCCCCCCCCCCC(=O)O. The van der Waals surface area contributed by atoms with Crippen LogP contribution in [0.5, 0.6) is 5.75 Å². The van der Waals surface area contributed by atoms with Crippen molar-refractivity contribution in [2.75, 3.05) is 44.3 Å². The second-order valence-electron chi connectivity index (χ2n) is 14.3. The van der Waals surface area contributed by atoms with E-state index in [4.69, 9.17) is 42.5 Å². The average Bonchev–Trinajstić information content (AvgIpc) is 3.87. The maximum Gasteiger partial charge on any atom is 0.303 e. The van der Waals surface area contributed by atoms with Gasteiger partial charge in [0, 0.05) is 68.2 Å². The van der Waals surface area contributed by atoms with E-state index >= 15 is 0 Å². The van der Waals surface area contributed by atoms with Gasteiger partial charge in [-0.15, -0.1) is 13.2 Å². The number of carboxylic acid groups (broad SMARTS) is 1. The predicted octanol–water partition coefficient (Wildman–Crippen LogP) is 10.6. The van der Waals surface area contributed by atoms with Crippen LogP contribution >= 0.6 is 23.2 Å².